The van der Waals surface area contributed by atoms with E-state index in [1.54, 1.807) is 27.7 Å². The molecule has 0 fully saturated rings. The van der Waals surface area contributed by atoms with E-state index in [9.17, 15) is 19.2 Å². The monoisotopic (exact) mass is 520 g/mol. The van der Waals surface area contributed by atoms with Crippen molar-refractivity contribution in [2.45, 2.75) is 80.1 Å². The van der Waals surface area contributed by atoms with Crippen molar-refractivity contribution in [3.05, 3.63) is 0 Å². The minimum Gasteiger partial charge on any atom is -0.291 e. The first-order chi connectivity index (χ1) is 10.2. The van der Waals surface area contributed by atoms with Gasteiger partial charge in [0, 0.05) is 52.0 Å². The SMILES string of the molecule is CCCCC(=O)C(=O)C(C)C.CCCCC(=O)C(=O)C(C)C.[Pb]. The third-order valence-electron chi connectivity index (χ3n) is 3.11. The maximum absolute atomic E-state index is 11.0. The number of Topliss-reactive ketones (excluding diaryl/α,β-unsaturated/α-hetero) is 4. The van der Waals surface area contributed by atoms with Crippen molar-refractivity contribution in [1.29, 1.82) is 0 Å². The quantitative estimate of drug-likeness (QED) is 0.327. The van der Waals surface area contributed by atoms with Gasteiger partial charge in [-0.25, -0.2) is 0 Å². The minimum absolute atomic E-state index is 0. The molecule has 0 heterocycles. The van der Waals surface area contributed by atoms with Crippen LogP contribution in [0.4, 0.5) is 0 Å². The molecule has 0 aromatic heterocycles. The summed E-state index contributed by atoms with van der Waals surface area (Å²) in [4.78, 5) is 44.0. The van der Waals surface area contributed by atoms with E-state index in [2.05, 4.69) is 0 Å². The number of unbranched alkanes of at least 4 members (excludes halogenated alkanes) is 2. The number of hydrogen-bond acceptors (Lipinski definition) is 4. The Morgan fingerprint density at radius 1 is 0.652 bits per heavy atom. The fourth-order valence-corrected chi connectivity index (χ4v) is 1.57. The normalized spacial score (nSPS) is 9.74. The van der Waals surface area contributed by atoms with Crippen molar-refractivity contribution < 1.29 is 19.2 Å². The smallest absolute Gasteiger partial charge is 0.200 e. The molecule has 0 aliphatic carbocycles. The molecule has 0 aromatic rings. The second kappa shape index (κ2) is 16.5. The van der Waals surface area contributed by atoms with E-state index in [4.69, 9.17) is 0 Å². The van der Waals surface area contributed by atoms with Crippen molar-refractivity contribution in [3.8, 4) is 0 Å². The molecule has 0 rings (SSSR count). The van der Waals surface area contributed by atoms with Crippen LogP contribution >= 0.6 is 0 Å². The molecule has 4 nitrogen and oxygen atoms in total. The molecular weight excluding hydrogens is 487 g/mol. The van der Waals surface area contributed by atoms with E-state index in [0.717, 1.165) is 25.7 Å². The summed E-state index contributed by atoms with van der Waals surface area (Å²) in [5, 5.41) is 0. The Morgan fingerprint density at radius 3 is 1.09 bits per heavy atom. The maximum Gasteiger partial charge on any atom is 0.200 e. The number of hydrogen-bond donors (Lipinski definition) is 0. The first-order valence-corrected chi connectivity index (χ1v) is 8.32. The molecule has 0 aromatic carbocycles. The second-order valence-electron chi connectivity index (χ2n) is 6.09. The van der Waals surface area contributed by atoms with Crippen LogP contribution in [0.1, 0.15) is 80.1 Å². The summed E-state index contributed by atoms with van der Waals surface area (Å²) in [6.45, 7) is 11.0. The van der Waals surface area contributed by atoms with Crippen LogP contribution in [0, 0.1) is 11.8 Å². The van der Waals surface area contributed by atoms with E-state index in [1.165, 1.54) is 0 Å². The first kappa shape index (κ1) is 27.4. The zero-order valence-electron chi connectivity index (χ0n) is 15.5. The summed E-state index contributed by atoms with van der Waals surface area (Å²) in [6.07, 6.45) is 4.45. The van der Waals surface area contributed by atoms with Crippen LogP contribution in [0.5, 0.6) is 0 Å². The van der Waals surface area contributed by atoms with Gasteiger partial charge in [0.1, 0.15) is 0 Å². The van der Waals surface area contributed by atoms with Crippen LogP contribution in [0.25, 0.3) is 0 Å². The topological polar surface area (TPSA) is 68.3 Å². The summed E-state index contributed by atoms with van der Waals surface area (Å²) in [5.41, 5.74) is 0. The van der Waals surface area contributed by atoms with Gasteiger partial charge >= 0.3 is 0 Å². The van der Waals surface area contributed by atoms with Gasteiger partial charge in [-0.2, -0.15) is 0 Å². The predicted molar refractivity (Wildman–Crippen MR) is 94.5 cm³/mol. The molecule has 0 aliphatic heterocycles. The second-order valence-corrected chi connectivity index (χ2v) is 6.09. The van der Waals surface area contributed by atoms with Gasteiger partial charge < -0.3 is 0 Å². The van der Waals surface area contributed by atoms with Gasteiger partial charge in [-0.1, -0.05) is 54.4 Å². The Labute approximate surface area is 161 Å². The molecule has 4 radical (unpaired) electrons. The Morgan fingerprint density at radius 2 is 0.913 bits per heavy atom. The first-order valence-electron chi connectivity index (χ1n) is 8.32. The molecule has 0 atom stereocenters. The number of ketones is 4. The Kier molecular flexibility index (Phi) is 19.6. The number of rotatable bonds is 10. The van der Waals surface area contributed by atoms with Gasteiger partial charge in [-0.15, -0.1) is 0 Å². The van der Waals surface area contributed by atoms with Gasteiger partial charge in [0.25, 0.3) is 0 Å². The van der Waals surface area contributed by atoms with E-state index in [1.807, 2.05) is 13.8 Å². The molecule has 23 heavy (non-hydrogen) atoms. The third kappa shape index (κ3) is 14.9. The molecule has 0 aliphatic rings. The molecular formula is C18H32O4Pb. The standard InChI is InChI=1S/2C9H16O2.Pb/c2*1-4-5-6-8(10)9(11)7(2)3;/h2*7H,4-6H2,1-3H3;. The molecule has 0 bridgehead atoms. The van der Waals surface area contributed by atoms with Crippen molar-refractivity contribution in [1.82, 2.24) is 0 Å². The minimum atomic E-state index is -0.224. The van der Waals surface area contributed by atoms with Gasteiger partial charge in [0.2, 0.25) is 11.6 Å². The molecule has 0 N–H and O–H groups in total. The molecule has 0 unspecified atom stereocenters. The largest absolute Gasteiger partial charge is 0.291 e. The van der Waals surface area contributed by atoms with E-state index in [-0.39, 0.29) is 62.3 Å². The average molecular weight is 520 g/mol. The molecule has 0 saturated heterocycles. The zero-order valence-corrected chi connectivity index (χ0v) is 19.4. The zero-order chi connectivity index (χ0) is 17.7. The van der Waals surface area contributed by atoms with Crippen LogP contribution in [0.2, 0.25) is 0 Å². The molecule has 0 amide bonds. The molecule has 0 saturated carbocycles. The summed E-state index contributed by atoms with van der Waals surface area (Å²) in [5.74, 6) is -1.14. The summed E-state index contributed by atoms with van der Waals surface area (Å²) >= 11 is 0. The Hall–Kier alpha value is -0.398. The maximum atomic E-state index is 11.0. The summed E-state index contributed by atoms with van der Waals surface area (Å²) in [7, 11) is 0. The summed E-state index contributed by atoms with van der Waals surface area (Å²) < 4.78 is 0. The third-order valence-corrected chi connectivity index (χ3v) is 3.11. The molecule has 132 valence electrons. The van der Waals surface area contributed by atoms with Crippen molar-refractivity contribution in [2.75, 3.05) is 0 Å². The van der Waals surface area contributed by atoms with Crippen LogP contribution in [-0.2, 0) is 19.2 Å². The predicted octanol–water partition coefficient (Wildman–Crippen LogP) is 3.56. The van der Waals surface area contributed by atoms with Crippen LogP contribution in [-0.4, -0.2) is 50.4 Å². The van der Waals surface area contributed by atoms with E-state index >= 15 is 0 Å². The molecule has 0 spiro atoms. The van der Waals surface area contributed by atoms with Gasteiger partial charge in [-0.05, 0) is 12.8 Å². The summed E-state index contributed by atoms with van der Waals surface area (Å²) in [6, 6.07) is 0. The van der Waals surface area contributed by atoms with Crippen LogP contribution in [0.15, 0.2) is 0 Å². The molecule has 5 heteroatoms. The van der Waals surface area contributed by atoms with Gasteiger partial charge in [-0.3, -0.25) is 19.2 Å². The van der Waals surface area contributed by atoms with Crippen LogP contribution in [0.3, 0.4) is 0 Å². The number of carbonyl (C=O) groups is 4. The van der Waals surface area contributed by atoms with Gasteiger partial charge in [0.05, 0.1) is 0 Å². The van der Waals surface area contributed by atoms with Crippen molar-refractivity contribution in [2.24, 2.45) is 11.8 Å². The number of carbonyl (C=O) groups excluding carboxylic acids is 4. The van der Waals surface area contributed by atoms with Crippen molar-refractivity contribution in [3.63, 3.8) is 0 Å². The van der Waals surface area contributed by atoms with Gasteiger partial charge in [0.15, 0.2) is 11.6 Å². The van der Waals surface area contributed by atoms with Crippen molar-refractivity contribution >= 4 is 50.4 Å². The van der Waals surface area contributed by atoms with Crippen LogP contribution < -0.4 is 0 Å². The van der Waals surface area contributed by atoms with E-state index < -0.39 is 0 Å². The Balaban J connectivity index is -0.000000333. The average Bonchev–Trinajstić information content (AvgIpc) is 2.48. The van der Waals surface area contributed by atoms with E-state index in [0.29, 0.717) is 12.8 Å². The Bertz CT molecular complexity index is 337. The fourth-order valence-electron chi connectivity index (χ4n) is 1.57. The fraction of sp³-hybridized carbons (Fsp3) is 0.778.